The highest BCUT2D eigenvalue weighted by Crippen LogP contribution is 2.15. The fraction of sp³-hybridized carbons (Fsp3) is 0. The highest BCUT2D eigenvalue weighted by Gasteiger charge is 1.97. The van der Waals surface area contributed by atoms with Gasteiger partial charge in [0.05, 0.1) is 0 Å². The van der Waals surface area contributed by atoms with E-state index in [0.29, 0.717) is 0 Å². The smallest absolute Gasteiger partial charge is 0.130 e. The van der Waals surface area contributed by atoms with Crippen molar-refractivity contribution in [2.24, 2.45) is 0 Å². The van der Waals surface area contributed by atoms with Crippen LogP contribution in [0.3, 0.4) is 0 Å². The quantitative estimate of drug-likeness (QED) is 0.711. The molecule has 2 nitrogen and oxygen atoms in total. The Labute approximate surface area is 95.1 Å². The van der Waals surface area contributed by atoms with Crippen LogP contribution in [-0.2, 0) is 0 Å². The number of hydrogen-bond donors (Lipinski definition) is 0. The van der Waals surface area contributed by atoms with Gasteiger partial charge in [-0.05, 0) is 41.0 Å². The lowest BCUT2D eigenvalue weighted by molar-refractivity contribution is 1.47. The molecule has 2 heteroatoms. The van der Waals surface area contributed by atoms with Crippen LogP contribution in [0.1, 0.15) is 16.7 Å². The van der Waals surface area contributed by atoms with E-state index in [1.807, 2.05) is 30.3 Å². The molecule has 1 aromatic carbocycles. The Bertz CT molecular complexity index is 495. The summed E-state index contributed by atoms with van der Waals surface area (Å²) in [6, 6.07) is 9.29. The maximum absolute atomic E-state index is 8.66. The molecule has 76 valence electrons. The lowest BCUT2D eigenvalue weighted by Crippen LogP contribution is -1.82. The molecule has 0 radical (unpaired) electrons. The van der Waals surface area contributed by atoms with Gasteiger partial charge in [0.25, 0.3) is 0 Å². The van der Waals surface area contributed by atoms with Gasteiger partial charge in [0.15, 0.2) is 0 Å². The van der Waals surface area contributed by atoms with Crippen molar-refractivity contribution >= 4 is 18.2 Å². The second-order valence-corrected chi connectivity index (χ2v) is 3.12. The number of rotatable bonds is 3. The zero-order valence-corrected chi connectivity index (χ0v) is 8.77. The van der Waals surface area contributed by atoms with Gasteiger partial charge in [0.1, 0.15) is 17.7 Å². The van der Waals surface area contributed by atoms with Gasteiger partial charge >= 0.3 is 0 Å². The molecule has 0 bridgehead atoms. The molecule has 0 aromatic heterocycles. The Hall–Kier alpha value is -2.58. The summed E-state index contributed by atoms with van der Waals surface area (Å²) >= 11 is 0. The Morgan fingerprint density at radius 1 is 0.938 bits per heavy atom. The summed E-state index contributed by atoms with van der Waals surface area (Å²) in [4.78, 5) is 0. The number of nitrogens with zero attached hydrogens (tertiary/aromatic N) is 2. The van der Waals surface area contributed by atoms with Crippen molar-refractivity contribution in [3.8, 4) is 12.1 Å². The van der Waals surface area contributed by atoms with Crippen LogP contribution in [0.2, 0.25) is 0 Å². The van der Waals surface area contributed by atoms with Crippen molar-refractivity contribution < 1.29 is 0 Å². The van der Waals surface area contributed by atoms with Gasteiger partial charge < -0.3 is 0 Å². The van der Waals surface area contributed by atoms with Gasteiger partial charge in [-0.15, -0.1) is 0 Å². The average molecular weight is 206 g/mol. The molecule has 0 N–H and O–H groups in total. The van der Waals surface area contributed by atoms with E-state index in [9.17, 15) is 0 Å². The molecule has 1 rings (SSSR count). The van der Waals surface area contributed by atoms with E-state index in [-0.39, 0.29) is 5.57 Å². The molecule has 0 saturated heterocycles. The van der Waals surface area contributed by atoms with Crippen molar-refractivity contribution in [2.75, 3.05) is 0 Å². The molecule has 0 aliphatic rings. The third kappa shape index (κ3) is 2.70. The second-order valence-electron chi connectivity index (χ2n) is 3.12. The molecule has 0 unspecified atom stereocenters. The van der Waals surface area contributed by atoms with E-state index >= 15 is 0 Å². The fourth-order valence-electron chi connectivity index (χ4n) is 1.28. The maximum Gasteiger partial charge on any atom is 0.130 e. The van der Waals surface area contributed by atoms with E-state index in [2.05, 4.69) is 13.2 Å². The molecule has 0 spiro atoms. The molecule has 0 atom stereocenters. The monoisotopic (exact) mass is 206 g/mol. The minimum absolute atomic E-state index is 0.0798. The van der Waals surface area contributed by atoms with Crippen LogP contribution in [-0.4, -0.2) is 0 Å². The first-order valence-electron chi connectivity index (χ1n) is 4.65. The Morgan fingerprint density at radius 2 is 1.38 bits per heavy atom. The second kappa shape index (κ2) is 5.34. The van der Waals surface area contributed by atoms with Gasteiger partial charge in [0, 0.05) is 0 Å². The van der Waals surface area contributed by atoms with Crippen LogP contribution in [0, 0.1) is 22.7 Å². The van der Waals surface area contributed by atoms with Crippen molar-refractivity contribution in [1.82, 2.24) is 0 Å². The molecule has 0 amide bonds. The van der Waals surface area contributed by atoms with E-state index in [1.54, 1.807) is 18.2 Å². The summed E-state index contributed by atoms with van der Waals surface area (Å²) in [5, 5.41) is 17.3. The molecule has 0 heterocycles. The SMILES string of the molecule is C=Cc1cc(C=C)cc(C=C(C#N)C#N)c1. The maximum atomic E-state index is 8.66. The van der Waals surface area contributed by atoms with E-state index < -0.39 is 0 Å². The Morgan fingerprint density at radius 3 is 1.75 bits per heavy atom. The number of benzene rings is 1. The van der Waals surface area contributed by atoms with Gasteiger partial charge in [0.2, 0.25) is 0 Å². The van der Waals surface area contributed by atoms with E-state index in [0.717, 1.165) is 16.7 Å². The first-order valence-corrected chi connectivity index (χ1v) is 4.65. The van der Waals surface area contributed by atoms with Gasteiger partial charge in [-0.2, -0.15) is 10.5 Å². The number of nitriles is 2. The fourth-order valence-corrected chi connectivity index (χ4v) is 1.28. The van der Waals surface area contributed by atoms with Gasteiger partial charge in [-0.25, -0.2) is 0 Å². The predicted molar refractivity (Wildman–Crippen MR) is 65.8 cm³/mol. The first kappa shape index (κ1) is 11.5. The van der Waals surface area contributed by atoms with Gasteiger partial charge in [-0.1, -0.05) is 25.3 Å². The Kier molecular flexibility index (Phi) is 3.83. The summed E-state index contributed by atoms with van der Waals surface area (Å²) in [5.41, 5.74) is 2.74. The largest absolute Gasteiger partial charge is 0.192 e. The lowest BCUT2D eigenvalue weighted by Gasteiger charge is -2.00. The molecule has 0 aliphatic heterocycles. The molecule has 1 aromatic rings. The molecule has 16 heavy (non-hydrogen) atoms. The summed E-state index contributed by atoms with van der Waals surface area (Å²) in [5.74, 6) is 0. The minimum Gasteiger partial charge on any atom is -0.192 e. The topological polar surface area (TPSA) is 47.6 Å². The van der Waals surface area contributed by atoms with Crippen molar-refractivity contribution in [3.05, 3.63) is 53.6 Å². The molecule has 0 saturated carbocycles. The minimum atomic E-state index is 0.0798. The first-order chi connectivity index (χ1) is 7.73. The summed E-state index contributed by atoms with van der Waals surface area (Å²) < 4.78 is 0. The van der Waals surface area contributed by atoms with Crippen molar-refractivity contribution in [3.63, 3.8) is 0 Å². The van der Waals surface area contributed by atoms with Crippen LogP contribution in [0.4, 0.5) is 0 Å². The predicted octanol–water partition coefficient (Wildman–Crippen LogP) is 3.40. The summed E-state index contributed by atoms with van der Waals surface area (Å²) in [6.07, 6.45) is 4.96. The molecule has 0 aliphatic carbocycles. The van der Waals surface area contributed by atoms with Crippen molar-refractivity contribution in [1.29, 1.82) is 10.5 Å². The van der Waals surface area contributed by atoms with E-state index in [1.165, 1.54) is 0 Å². The molecular formula is C14H10N2. The highest BCUT2D eigenvalue weighted by molar-refractivity contribution is 5.68. The zero-order valence-electron chi connectivity index (χ0n) is 8.77. The van der Waals surface area contributed by atoms with Crippen LogP contribution in [0.5, 0.6) is 0 Å². The van der Waals surface area contributed by atoms with E-state index in [4.69, 9.17) is 10.5 Å². The van der Waals surface area contributed by atoms with Crippen LogP contribution >= 0.6 is 0 Å². The number of allylic oxidation sites excluding steroid dienone is 1. The molecule has 0 fully saturated rings. The average Bonchev–Trinajstić information content (AvgIpc) is 2.35. The highest BCUT2D eigenvalue weighted by atomic mass is 14.3. The summed E-state index contributed by atoms with van der Waals surface area (Å²) in [6.45, 7) is 7.36. The normalized spacial score (nSPS) is 8.38. The van der Waals surface area contributed by atoms with Crippen LogP contribution in [0.15, 0.2) is 36.9 Å². The van der Waals surface area contributed by atoms with Crippen molar-refractivity contribution in [2.45, 2.75) is 0 Å². The zero-order chi connectivity index (χ0) is 12.0. The lowest BCUT2D eigenvalue weighted by atomic mass is 10.0. The third-order valence-corrected chi connectivity index (χ3v) is 2.02. The van der Waals surface area contributed by atoms with Gasteiger partial charge in [-0.3, -0.25) is 0 Å². The third-order valence-electron chi connectivity index (χ3n) is 2.02. The van der Waals surface area contributed by atoms with Crippen LogP contribution < -0.4 is 0 Å². The summed E-state index contributed by atoms with van der Waals surface area (Å²) in [7, 11) is 0. The standard InChI is InChI=1S/C14H10N2/c1-3-11-5-12(4-2)7-13(6-11)8-14(9-15)10-16/h3-8H,1-2H2. The number of hydrogen-bond acceptors (Lipinski definition) is 2. The van der Waals surface area contributed by atoms with Crippen LogP contribution in [0.25, 0.3) is 18.2 Å². The Balaban J connectivity index is 3.31. The molecular weight excluding hydrogens is 196 g/mol.